The molecule has 0 bridgehead atoms. The number of Topliss-reactive ketones (excluding diaryl/α,β-unsaturated/α-hetero) is 1. The minimum absolute atomic E-state index is 0.111. The summed E-state index contributed by atoms with van der Waals surface area (Å²) < 4.78 is 14.7. The van der Waals surface area contributed by atoms with E-state index in [0.717, 1.165) is 68.5 Å². The van der Waals surface area contributed by atoms with Crippen molar-refractivity contribution in [3.8, 4) is 0 Å². The van der Waals surface area contributed by atoms with Gasteiger partial charge in [0.15, 0.2) is 5.78 Å². The van der Waals surface area contributed by atoms with Gasteiger partial charge in [0.1, 0.15) is 5.25 Å². The Morgan fingerprint density at radius 2 is 1.97 bits per heavy atom. The van der Waals surface area contributed by atoms with E-state index in [1.54, 1.807) is 19.3 Å². The average molecular weight is 482 g/mol. The molecule has 6 heteroatoms. The van der Waals surface area contributed by atoms with Gasteiger partial charge in [0, 0.05) is 72.6 Å². The fourth-order valence-electron chi connectivity index (χ4n) is 4.33. The van der Waals surface area contributed by atoms with Crippen LogP contribution < -0.4 is 5.32 Å². The molecule has 1 heterocycles. The van der Waals surface area contributed by atoms with Crippen molar-refractivity contribution in [2.75, 3.05) is 13.1 Å². The van der Waals surface area contributed by atoms with Gasteiger partial charge >= 0.3 is 0 Å². The summed E-state index contributed by atoms with van der Waals surface area (Å²) in [4.78, 5) is 16.2. The van der Waals surface area contributed by atoms with Crippen LogP contribution in [0.4, 0.5) is 0 Å². The molecule has 34 heavy (non-hydrogen) atoms. The smallest absolute Gasteiger partial charge is 0.159 e. The van der Waals surface area contributed by atoms with E-state index in [4.69, 9.17) is 0 Å². The molecular formula is C28H39N3O2S. The van der Waals surface area contributed by atoms with Crippen LogP contribution in [0.25, 0.3) is 0 Å². The van der Waals surface area contributed by atoms with E-state index in [-0.39, 0.29) is 5.78 Å². The highest BCUT2D eigenvalue weighted by molar-refractivity contribution is 7.90. The summed E-state index contributed by atoms with van der Waals surface area (Å²) in [6, 6.07) is 0.307. The standard InChI is InChI=1S/C28H39N3O2S/c1-5-16-29-20-21(3)28(30-26-14-17-31(18-15-26)34(33)27-12-13-27)19-23(6-2)25-9-7-8-24(10-11-25)22(4)32/h5-8,10,16,19-20,25-27,30H,3,9,11-15,17-18H2,1-2,4H3/b16-5-,23-6+,28-19+,29-20-. The number of hydrogen-bond donors (Lipinski definition) is 1. The van der Waals surface area contributed by atoms with E-state index in [0.29, 0.717) is 17.2 Å². The molecule has 0 spiro atoms. The second kappa shape index (κ2) is 13.1. The lowest BCUT2D eigenvalue weighted by Gasteiger charge is -2.33. The second-order valence-electron chi connectivity index (χ2n) is 9.24. The Balaban J connectivity index is 1.73. The Labute approximate surface area is 208 Å². The Hall–Kier alpha value is -2.15. The number of rotatable bonds is 10. The van der Waals surface area contributed by atoms with Gasteiger partial charge < -0.3 is 9.87 Å². The lowest BCUT2D eigenvalue weighted by molar-refractivity contribution is -0.113. The topological polar surface area (TPSA) is 67.8 Å². The van der Waals surface area contributed by atoms with Gasteiger partial charge in [-0.2, -0.15) is 0 Å². The van der Waals surface area contributed by atoms with Crippen molar-refractivity contribution < 1.29 is 9.35 Å². The molecule has 0 aromatic heterocycles. The van der Waals surface area contributed by atoms with Gasteiger partial charge in [0.2, 0.25) is 0 Å². The molecule has 2 aliphatic carbocycles. The zero-order valence-corrected chi connectivity index (χ0v) is 21.7. The minimum atomic E-state index is -0.811. The van der Waals surface area contributed by atoms with Crippen LogP contribution in [-0.4, -0.2) is 45.2 Å². The monoisotopic (exact) mass is 481 g/mol. The van der Waals surface area contributed by atoms with Crippen molar-refractivity contribution in [2.45, 2.75) is 70.6 Å². The SMILES string of the molecule is C=C(/C=N\C=C/C)/C(=C\C(=C/C)C1CC=CC(C(C)=O)=CC1)NC1CCN([S+]([O-])C2CC2)CC1. The molecular weight excluding hydrogens is 442 g/mol. The molecule has 0 amide bonds. The summed E-state index contributed by atoms with van der Waals surface area (Å²) in [6.45, 7) is 11.6. The minimum Gasteiger partial charge on any atom is -0.598 e. The maximum atomic E-state index is 12.5. The van der Waals surface area contributed by atoms with Crippen molar-refractivity contribution in [3.63, 3.8) is 0 Å². The van der Waals surface area contributed by atoms with Crippen molar-refractivity contribution in [1.82, 2.24) is 9.62 Å². The number of nitrogens with one attached hydrogen (secondary N) is 1. The molecule has 0 radical (unpaired) electrons. The first-order chi connectivity index (χ1) is 16.4. The van der Waals surface area contributed by atoms with Crippen LogP contribution in [0.15, 0.2) is 76.6 Å². The molecule has 5 nitrogen and oxygen atoms in total. The Morgan fingerprint density at radius 1 is 1.24 bits per heavy atom. The van der Waals surface area contributed by atoms with E-state index >= 15 is 0 Å². The summed E-state index contributed by atoms with van der Waals surface area (Å²) in [6.07, 6.45) is 21.7. The highest BCUT2D eigenvalue weighted by atomic mass is 32.2. The molecule has 0 aromatic rings. The molecule has 3 rings (SSSR count). The molecule has 2 atom stereocenters. The van der Waals surface area contributed by atoms with Crippen LogP contribution >= 0.6 is 0 Å². The Morgan fingerprint density at radius 3 is 2.59 bits per heavy atom. The third kappa shape index (κ3) is 7.69. The lowest BCUT2D eigenvalue weighted by atomic mass is 9.90. The predicted octanol–water partition coefficient (Wildman–Crippen LogP) is 5.34. The Kier molecular flexibility index (Phi) is 10.2. The lowest BCUT2D eigenvalue weighted by Crippen LogP contribution is -2.45. The highest BCUT2D eigenvalue weighted by Gasteiger charge is 2.40. The van der Waals surface area contributed by atoms with Crippen LogP contribution in [0.2, 0.25) is 0 Å². The largest absolute Gasteiger partial charge is 0.598 e. The molecule has 1 aliphatic heterocycles. The van der Waals surface area contributed by atoms with Crippen LogP contribution in [0.1, 0.15) is 59.3 Å². The van der Waals surface area contributed by atoms with Gasteiger partial charge in [-0.3, -0.25) is 9.79 Å². The maximum Gasteiger partial charge on any atom is 0.159 e. The summed E-state index contributed by atoms with van der Waals surface area (Å²) in [5.74, 6) is 0.414. The van der Waals surface area contributed by atoms with Crippen molar-refractivity contribution in [1.29, 1.82) is 0 Å². The van der Waals surface area contributed by atoms with E-state index in [2.05, 4.69) is 52.4 Å². The highest BCUT2D eigenvalue weighted by Crippen LogP contribution is 2.32. The van der Waals surface area contributed by atoms with Crippen molar-refractivity contribution in [2.24, 2.45) is 10.9 Å². The molecule has 0 aromatic carbocycles. The van der Waals surface area contributed by atoms with E-state index in [1.807, 2.05) is 19.1 Å². The van der Waals surface area contributed by atoms with Crippen LogP contribution in [-0.2, 0) is 16.2 Å². The van der Waals surface area contributed by atoms with E-state index < -0.39 is 11.4 Å². The zero-order valence-electron chi connectivity index (χ0n) is 20.8. The summed E-state index contributed by atoms with van der Waals surface area (Å²) in [5.41, 5.74) is 3.83. The number of aliphatic imine (C=N–C) groups is 1. The second-order valence-corrected chi connectivity index (χ2v) is 11.0. The molecule has 3 aliphatic rings. The third-order valence-corrected chi connectivity index (χ3v) is 8.47. The fourth-order valence-corrected chi connectivity index (χ4v) is 5.86. The summed E-state index contributed by atoms with van der Waals surface area (Å²) in [5, 5.41) is 4.12. The molecule has 184 valence electrons. The normalized spacial score (nSPS) is 24.4. The van der Waals surface area contributed by atoms with Crippen molar-refractivity contribution >= 4 is 23.4 Å². The van der Waals surface area contributed by atoms with Gasteiger partial charge in [-0.05, 0) is 64.0 Å². The molecule has 1 saturated heterocycles. The van der Waals surface area contributed by atoms with E-state index in [1.165, 1.54) is 5.57 Å². The number of carbonyl (C=O) groups is 1. The van der Waals surface area contributed by atoms with Gasteiger partial charge in [-0.15, -0.1) is 4.31 Å². The number of piperidine rings is 1. The van der Waals surface area contributed by atoms with Crippen LogP contribution in [0.5, 0.6) is 0 Å². The van der Waals surface area contributed by atoms with Crippen molar-refractivity contribution in [3.05, 3.63) is 71.7 Å². The first-order valence-electron chi connectivity index (χ1n) is 12.4. The van der Waals surface area contributed by atoms with Gasteiger partial charge in [-0.1, -0.05) is 37.0 Å². The predicted molar refractivity (Wildman–Crippen MR) is 144 cm³/mol. The number of hydrogen-bond acceptors (Lipinski definition) is 5. The zero-order chi connectivity index (χ0) is 24.5. The van der Waals surface area contributed by atoms with E-state index in [9.17, 15) is 9.35 Å². The van der Waals surface area contributed by atoms with Gasteiger partial charge in [0.25, 0.3) is 0 Å². The first-order valence-corrected chi connectivity index (χ1v) is 13.6. The van der Waals surface area contributed by atoms with Gasteiger partial charge in [0.05, 0.1) is 0 Å². The average Bonchev–Trinajstić information content (AvgIpc) is 3.69. The van der Waals surface area contributed by atoms with Gasteiger partial charge in [-0.25, -0.2) is 0 Å². The first kappa shape index (κ1) is 26.5. The number of nitrogens with zero attached hydrogens (tertiary/aromatic N) is 2. The fraction of sp³-hybridized carbons (Fsp3) is 0.500. The quantitative estimate of drug-likeness (QED) is 0.260. The van der Waals surface area contributed by atoms with Crippen LogP contribution in [0, 0.1) is 5.92 Å². The molecule has 1 N–H and O–H groups in total. The number of ketones is 1. The third-order valence-electron chi connectivity index (χ3n) is 6.55. The molecule has 2 unspecified atom stereocenters. The molecule has 1 saturated carbocycles. The molecule has 2 fully saturated rings. The maximum absolute atomic E-state index is 12.5. The number of allylic oxidation sites excluding steroid dienone is 9. The summed E-state index contributed by atoms with van der Waals surface area (Å²) in [7, 11) is 0. The number of carbonyl (C=O) groups excluding carboxylic acids is 1. The van der Waals surface area contributed by atoms with Crippen LogP contribution in [0.3, 0.4) is 0 Å². The summed E-state index contributed by atoms with van der Waals surface area (Å²) >= 11 is -0.811. The Bertz CT molecular complexity index is 916.